The number of H-pyrrole nitrogens is 1. The van der Waals surface area contributed by atoms with Crippen LogP contribution in [0.5, 0.6) is 0 Å². The molecule has 3 aromatic rings. The van der Waals surface area contributed by atoms with E-state index in [1.807, 2.05) is 24.3 Å². The Labute approximate surface area is 197 Å². The standard InChI is InChI=1S/C24H26FN3O5S/c1-33-24(30)22(13-17-14-26-21-7-3-2-6-20(17)21)27-23(29)16-5-4-12-28(15-16)34(31,32)19-10-8-18(25)9-11-19/h2-3,6-11,14,16,22,26H,4-5,12-13,15H2,1H3,(H,27,29). The van der Waals surface area contributed by atoms with Crippen LogP contribution in [-0.4, -0.2) is 55.8 Å². The van der Waals surface area contributed by atoms with Gasteiger partial charge < -0.3 is 15.0 Å². The van der Waals surface area contributed by atoms with E-state index in [0.29, 0.717) is 12.8 Å². The number of para-hydroxylation sites is 1. The van der Waals surface area contributed by atoms with E-state index < -0.39 is 39.7 Å². The van der Waals surface area contributed by atoms with Gasteiger partial charge in [-0.15, -0.1) is 0 Å². The molecule has 0 aliphatic carbocycles. The van der Waals surface area contributed by atoms with Crippen LogP contribution < -0.4 is 5.32 Å². The third kappa shape index (κ3) is 4.97. The summed E-state index contributed by atoms with van der Waals surface area (Å²) in [5, 5.41) is 3.71. The minimum absolute atomic E-state index is 0.0213. The Morgan fingerprint density at radius 2 is 1.94 bits per heavy atom. The van der Waals surface area contributed by atoms with Crippen molar-refractivity contribution in [2.45, 2.75) is 30.2 Å². The summed E-state index contributed by atoms with van der Waals surface area (Å²) in [6.07, 6.45) is 3.00. The molecular weight excluding hydrogens is 461 g/mol. The second kappa shape index (κ2) is 9.94. The summed E-state index contributed by atoms with van der Waals surface area (Å²) in [5.74, 6) is -2.14. The van der Waals surface area contributed by atoms with Crippen molar-refractivity contribution in [1.29, 1.82) is 0 Å². The van der Waals surface area contributed by atoms with Gasteiger partial charge in [0, 0.05) is 36.6 Å². The molecule has 8 nitrogen and oxygen atoms in total. The first kappa shape index (κ1) is 23.9. The van der Waals surface area contributed by atoms with Crippen LogP contribution in [0, 0.1) is 11.7 Å². The number of nitrogens with zero attached hydrogens (tertiary/aromatic N) is 1. The predicted molar refractivity (Wildman–Crippen MR) is 124 cm³/mol. The van der Waals surface area contributed by atoms with Gasteiger partial charge in [0.1, 0.15) is 11.9 Å². The Bertz CT molecular complexity index is 1290. The first-order valence-electron chi connectivity index (χ1n) is 11.0. The van der Waals surface area contributed by atoms with Crippen molar-refractivity contribution < 1.29 is 27.1 Å². The van der Waals surface area contributed by atoms with E-state index in [4.69, 9.17) is 4.74 Å². The molecule has 0 bridgehead atoms. The molecule has 1 aliphatic heterocycles. The quantitative estimate of drug-likeness (QED) is 0.498. The highest BCUT2D eigenvalue weighted by Crippen LogP contribution is 2.25. The van der Waals surface area contributed by atoms with Crippen LogP contribution >= 0.6 is 0 Å². The number of hydrogen-bond donors (Lipinski definition) is 2. The van der Waals surface area contributed by atoms with Crippen LogP contribution in [0.4, 0.5) is 4.39 Å². The highest BCUT2D eigenvalue weighted by molar-refractivity contribution is 7.89. The molecule has 2 unspecified atom stereocenters. The number of benzene rings is 2. The van der Waals surface area contributed by atoms with Crippen molar-refractivity contribution in [3.63, 3.8) is 0 Å². The number of carbonyl (C=O) groups excluding carboxylic acids is 2. The molecule has 4 rings (SSSR count). The minimum Gasteiger partial charge on any atom is -0.467 e. The summed E-state index contributed by atoms with van der Waals surface area (Å²) >= 11 is 0. The van der Waals surface area contributed by atoms with E-state index in [2.05, 4.69) is 10.3 Å². The SMILES string of the molecule is COC(=O)C(Cc1c[nH]c2ccccc12)NC(=O)C1CCCN(S(=O)(=O)c2ccc(F)cc2)C1. The van der Waals surface area contributed by atoms with Crippen LogP contribution in [0.2, 0.25) is 0 Å². The van der Waals surface area contributed by atoms with Gasteiger partial charge in [0.05, 0.1) is 17.9 Å². The molecule has 0 spiro atoms. The summed E-state index contributed by atoms with van der Waals surface area (Å²) in [7, 11) is -2.61. The van der Waals surface area contributed by atoms with Gasteiger partial charge in [-0.1, -0.05) is 18.2 Å². The lowest BCUT2D eigenvalue weighted by Gasteiger charge is -2.32. The molecule has 1 fully saturated rings. The van der Waals surface area contributed by atoms with Gasteiger partial charge >= 0.3 is 5.97 Å². The zero-order valence-corrected chi connectivity index (χ0v) is 19.5. The van der Waals surface area contributed by atoms with Gasteiger partial charge in [0.2, 0.25) is 15.9 Å². The molecule has 2 heterocycles. The maximum absolute atomic E-state index is 13.2. The van der Waals surface area contributed by atoms with Gasteiger partial charge in [-0.2, -0.15) is 4.31 Å². The molecule has 0 saturated carbocycles. The third-order valence-corrected chi connectivity index (χ3v) is 7.99. The Morgan fingerprint density at radius 1 is 1.21 bits per heavy atom. The molecule has 2 aromatic carbocycles. The van der Waals surface area contributed by atoms with Gasteiger partial charge in [-0.25, -0.2) is 17.6 Å². The number of aromatic nitrogens is 1. The number of carbonyl (C=O) groups is 2. The number of piperidine rings is 1. The van der Waals surface area contributed by atoms with Gasteiger partial charge in [-0.3, -0.25) is 4.79 Å². The van der Waals surface area contributed by atoms with E-state index in [1.54, 1.807) is 6.20 Å². The molecule has 0 radical (unpaired) electrons. The Morgan fingerprint density at radius 3 is 2.68 bits per heavy atom. The van der Waals surface area contributed by atoms with E-state index in [9.17, 15) is 22.4 Å². The highest BCUT2D eigenvalue weighted by atomic mass is 32.2. The van der Waals surface area contributed by atoms with E-state index in [0.717, 1.165) is 28.6 Å². The normalized spacial score (nSPS) is 17.9. The molecular formula is C24H26FN3O5S. The summed E-state index contributed by atoms with van der Waals surface area (Å²) in [4.78, 5) is 28.6. The first-order valence-corrected chi connectivity index (χ1v) is 12.4. The van der Waals surface area contributed by atoms with Crippen molar-refractivity contribution in [3.8, 4) is 0 Å². The smallest absolute Gasteiger partial charge is 0.328 e. The lowest BCUT2D eigenvalue weighted by atomic mass is 9.97. The minimum atomic E-state index is -3.87. The average molecular weight is 488 g/mol. The number of methoxy groups -OCH3 is 1. The van der Waals surface area contributed by atoms with Gasteiger partial charge in [-0.05, 0) is 48.7 Å². The van der Waals surface area contributed by atoms with Crippen LogP contribution in [0.1, 0.15) is 18.4 Å². The number of fused-ring (bicyclic) bond motifs is 1. The third-order valence-electron chi connectivity index (χ3n) is 6.11. The number of halogens is 1. The summed E-state index contributed by atoms with van der Waals surface area (Å²) in [6.45, 7) is 0.242. The van der Waals surface area contributed by atoms with E-state index >= 15 is 0 Å². The number of esters is 1. The number of rotatable bonds is 7. The van der Waals surface area contributed by atoms with Crippen molar-refractivity contribution in [3.05, 3.63) is 66.1 Å². The fourth-order valence-electron chi connectivity index (χ4n) is 4.28. The second-order valence-corrected chi connectivity index (χ2v) is 10.2. The summed E-state index contributed by atoms with van der Waals surface area (Å²) < 4.78 is 45.3. The van der Waals surface area contributed by atoms with Crippen molar-refractivity contribution in [2.75, 3.05) is 20.2 Å². The number of nitrogens with one attached hydrogen (secondary N) is 2. The summed E-state index contributed by atoms with van der Waals surface area (Å²) in [6, 6.07) is 11.3. The maximum Gasteiger partial charge on any atom is 0.328 e. The highest BCUT2D eigenvalue weighted by Gasteiger charge is 2.35. The monoisotopic (exact) mass is 487 g/mol. The summed E-state index contributed by atoms with van der Waals surface area (Å²) in [5.41, 5.74) is 1.77. The Kier molecular flexibility index (Phi) is 6.99. The molecule has 34 heavy (non-hydrogen) atoms. The topological polar surface area (TPSA) is 109 Å². The lowest BCUT2D eigenvalue weighted by Crippen LogP contribution is -2.50. The Hall–Kier alpha value is -3.24. The molecule has 1 amide bonds. The average Bonchev–Trinajstić information content (AvgIpc) is 3.26. The molecule has 2 atom stereocenters. The Balaban J connectivity index is 1.48. The van der Waals surface area contributed by atoms with Gasteiger partial charge in [0.15, 0.2) is 0 Å². The zero-order valence-electron chi connectivity index (χ0n) is 18.7. The van der Waals surface area contributed by atoms with Crippen LogP contribution in [0.3, 0.4) is 0 Å². The van der Waals surface area contributed by atoms with Crippen LogP contribution in [0.25, 0.3) is 10.9 Å². The lowest BCUT2D eigenvalue weighted by molar-refractivity contribution is -0.145. The number of aromatic amines is 1. The molecule has 180 valence electrons. The van der Waals surface area contributed by atoms with E-state index in [1.165, 1.54) is 23.5 Å². The largest absolute Gasteiger partial charge is 0.467 e. The van der Waals surface area contributed by atoms with Gasteiger partial charge in [0.25, 0.3) is 0 Å². The van der Waals surface area contributed by atoms with Crippen molar-refractivity contribution in [2.24, 2.45) is 5.92 Å². The van der Waals surface area contributed by atoms with Crippen molar-refractivity contribution in [1.82, 2.24) is 14.6 Å². The predicted octanol–water partition coefficient (Wildman–Crippen LogP) is 2.61. The number of sulfonamides is 1. The first-order chi connectivity index (χ1) is 16.3. The molecule has 1 aromatic heterocycles. The second-order valence-electron chi connectivity index (χ2n) is 8.30. The number of amides is 1. The fourth-order valence-corrected chi connectivity index (χ4v) is 5.80. The molecule has 1 aliphatic rings. The van der Waals surface area contributed by atoms with Crippen LogP contribution in [0.15, 0.2) is 59.6 Å². The zero-order chi connectivity index (χ0) is 24.3. The fraction of sp³-hybridized carbons (Fsp3) is 0.333. The van der Waals surface area contributed by atoms with Crippen LogP contribution in [-0.2, 0) is 30.8 Å². The van der Waals surface area contributed by atoms with E-state index in [-0.39, 0.29) is 24.4 Å². The molecule has 10 heteroatoms. The maximum atomic E-state index is 13.2. The number of hydrogen-bond acceptors (Lipinski definition) is 5. The molecule has 1 saturated heterocycles. The van der Waals surface area contributed by atoms with Crippen molar-refractivity contribution >= 4 is 32.8 Å². The molecule has 2 N–H and O–H groups in total. The number of ether oxygens (including phenoxy) is 1.